The van der Waals surface area contributed by atoms with Gasteiger partial charge in [-0.05, 0) is 70.1 Å². The molecule has 0 bridgehead atoms. The third-order valence-corrected chi connectivity index (χ3v) is 6.59. The number of hydrogen-bond donors (Lipinski definition) is 2. The Hall–Kier alpha value is -2.42. The van der Waals surface area contributed by atoms with Crippen molar-refractivity contribution in [2.45, 2.75) is 31.7 Å². The van der Waals surface area contributed by atoms with E-state index in [1.165, 1.54) is 6.20 Å². The molecule has 2 N–H and O–H groups in total. The van der Waals surface area contributed by atoms with Gasteiger partial charge >= 0.3 is 0 Å². The minimum Gasteiger partial charge on any atom is -0.449 e. The third-order valence-electron chi connectivity index (χ3n) is 5.87. The number of carbonyl (C=O) groups excluding carboxylic acids is 2. The van der Waals surface area contributed by atoms with Crippen LogP contribution in [0.5, 0.6) is 0 Å². The number of aromatic nitrogens is 1. The molecule has 0 radical (unpaired) electrons. The molecule has 0 spiro atoms. The number of rotatable bonds is 5. The Morgan fingerprint density at radius 3 is 2.53 bits per heavy atom. The van der Waals surface area contributed by atoms with Gasteiger partial charge in [-0.25, -0.2) is 4.98 Å². The molecule has 1 aromatic carbocycles. The number of carbonyl (C=O) groups is 2. The highest BCUT2D eigenvalue weighted by Crippen LogP contribution is 2.35. The lowest BCUT2D eigenvalue weighted by atomic mass is 9.85. The van der Waals surface area contributed by atoms with Gasteiger partial charge < -0.3 is 20.0 Å². The number of pyridine rings is 1. The first-order valence-electron chi connectivity index (χ1n) is 10.4. The van der Waals surface area contributed by atoms with Crippen LogP contribution in [0.3, 0.4) is 0 Å². The van der Waals surface area contributed by atoms with Gasteiger partial charge in [0.2, 0.25) is 11.7 Å². The van der Waals surface area contributed by atoms with Crippen molar-refractivity contribution in [2.75, 3.05) is 24.7 Å². The monoisotopic (exact) mass is 518 g/mol. The number of amides is 2. The van der Waals surface area contributed by atoms with Crippen molar-refractivity contribution in [3.63, 3.8) is 0 Å². The van der Waals surface area contributed by atoms with E-state index in [1.54, 1.807) is 18.2 Å². The fraction of sp³-hybridized carbons (Fsp3) is 0.348. The molecule has 2 aromatic heterocycles. The first kappa shape index (κ1) is 22.8. The van der Waals surface area contributed by atoms with Gasteiger partial charge in [0.15, 0.2) is 0 Å². The zero-order valence-corrected chi connectivity index (χ0v) is 20.2. The topological polar surface area (TPSA) is 87.5 Å². The SMILES string of the molecule is CN(C)C1CCC(C(=O)Nc2c(C(=O)Nc3ccc(Cl)cn3)oc3ccc(Br)cc23)CC1. The van der Waals surface area contributed by atoms with Crippen LogP contribution in [0.15, 0.2) is 45.4 Å². The Balaban J connectivity index is 1.59. The molecule has 0 saturated heterocycles. The van der Waals surface area contributed by atoms with Crippen molar-refractivity contribution < 1.29 is 14.0 Å². The molecule has 2 heterocycles. The van der Waals surface area contributed by atoms with E-state index in [0.29, 0.717) is 33.5 Å². The molecule has 0 atom stereocenters. The van der Waals surface area contributed by atoms with E-state index in [0.717, 1.165) is 30.2 Å². The van der Waals surface area contributed by atoms with Crippen molar-refractivity contribution in [1.29, 1.82) is 0 Å². The summed E-state index contributed by atoms with van der Waals surface area (Å²) in [6, 6.07) is 9.14. The summed E-state index contributed by atoms with van der Waals surface area (Å²) in [6.07, 6.45) is 5.01. The van der Waals surface area contributed by atoms with Crippen molar-refractivity contribution in [3.05, 3.63) is 51.8 Å². The molecule has 1 saturated carbocycles. The summed E-state index contributed by atoms with van der Waals surface area (Å²) in [4.78, 5) is 32.4. The van der Waals surface area contributed by atoms with Crippen LogP contribution in [0.1, 0.15) is 36.2 Å². The minimum atomic E-state index is -0.501. The largest absolute Gasteiger partial charge is 0.449 e. The molecule has 0 aliphatic heterocycles. The molecule has 2 amide bonds. The minimum absolute atomic E-state index is 0.0326. The lowest BCUT2D eigenvalue weighted by Crippen LogP contribution is -2.35. The summed E-state index contributed by atoms with van der Waals surface area (Å²) in [7, 11) is 4.14. The highest BCUT2D eigenvalue weighted by molar-refractivity contribution is 9.10. The number of hydrogen-bond acceptors (Lipinski definition) is 5. The lowest BCUT2D eigenvalue weighted by molar-refractivity contribution is -0.121. The summed E-state index contributed by atoms with van der Waals surface area (Å²) in [5, 5.41) is 6.80. The molecular weight excluding hydrogens is 496 g/mol. The molecule has 1 aliphatic rings. The zero-order valence-electron chi connectivity index (χ0n) is 17.8. The van der Waals surface area contributed by atoms with Gasteiger partial charge in [0, 0.05) is 28.0 Å². The number of nitrogens with one attached hydrogen (secondary N) is 2. The number of benzene rings is 1. The van der Waals surface area contributed by atoms with Gasteiger partial charge in [0.05, 0.1) is 5.02 Å². The predicted molar refractivity (Wildman–Crippen MR) is 129 cm³/mol. The van der Waals surface area contributed by atoms with E-state index < -0.39 is 5.91 Å². The normalized spacial score (nSPS) is 18.7. The third kappa shape index (κ3) is 4.98. The Morgan fingerprint density at radius 2 is 1.88 bits per heavy atom. The van der Waals surface area contributed by atoms with Crippen molar-refractivity contribution in [3.8, 4) is 0 Å². The smallest absolute Gasteiger partial charge is 0.294 e. The van der Waals surface area contributed by atoms with Crippen LogP contribution < -0.4 is 10.6 Å². The Morgan fingerprint density at radius 1 is 1.12 bits per heavy atom. The molecule has 168 valence electrons. The summed E-state index contributed by atoms with van der Waals surface area (Å²) in [6.45, 7) is 0. The van der Waals surface area contributed by atoms with Gasteiger partial charge in [-0.2, -0.15) is 0 Å². The fourth-order valence-corrected chi connectivity index (χ4v) is 4.53. The number of anilines is 2. The Bertz CT molecular complexity index is 1140. The van der Waals surface area contributed by atoms with Crippen LogP contribution in [-0.2, 0) is 4.79 Å². The van der Waals surface area contributed by atoms with Gasteiger partial charge in [0.1, 0.15) is 17.1 Å². The van der Waals surface area contributed by atoms with Crippen LogP contribution >= 0.6 is 27.5 Å². The molecule has 1 aliphatic carbocycles. The standard InChI is InChI=1S/C23H24BrClN4O3/c1-29(2)16-7-3-13(4-8-16)22(30)28-20-17-11-14(24)5-9-18(17)32-21(20)23(31)27-19-10-6-15(25)12-26-19/h5-6,9-13,16H,3-4,7-8H2,1-2H3,(H,28,30)(H,26,27,31). The Labute approximate surface area is 199 Å². The summed E-state index contributed by atoms with van der Waals surface area (Å²) >= 11 is 9.32. The molecule has 32 heavy (non-hydrogen) atoms. The van der Waals surface area contributed by atoms with E-state index in [1.807, 2.05) is 12.1 Å². The van der Waals surface area contributed by atoms with E-state index in [4.69, 9.17) is 16.0 Å². The van der Waals surface area contributed by atoms with Gasteiger partial charge in [-0.3, -0.25) is 9.59 Å². The molecule has 7 nitrogen and oxygen atoms in total. The molecule has 4 rings (SSSR count). The van der Waals surface area contributed by atoms with Crippen LogP contribution in [-0.4, -0.2) is 41.8 Å². The highest BCUT2D eigenvalue weighted by Gasteiger charge is 2.30. The second kappa shape index (κ2) is 9.60. The number of nitrogens with zero attached hydrogens (tertiary/aromatic N) is 2. The van der Waals surface area contributed by atoms with Gasteiger partial charge in [-0.1, -0.05) is 27.5 Å². The van der Waals surface area contributed by atoms with E-state index in [2.05, 4.69) is 50.5 Å². The second-order valence-electron chi connectivity index (χ2n) is 8.22. The van der Waals surface area contributed by atoms with Crippen LogP contribution in [0.25, 0.3) is 11.0 Å². The van der Waals surface area contributed by atoms with Crippen LogP contribution in [0.2, 0.25) is 5.02 Å². The maximum Gasteiger partial charge on any atom is 0.294 e. The van der Waals surface area contributed by atoms with Crippen molar-refractivity contribution in [1.82, 2.24) is 9.88 Å². The van der Waals surface area contributed by atoms with E-state index in [-0.39, 0.29) is 17.6 Å². The number of fused-ring (bicyclic) bond motifs is 1. The van der Waals surface area contributed by atoms with E-state index >= 15 is 0 Å². The first-order chi connectivity index (χ1) is 15.3. The fourth-order valence-electron chi connectivity index (χ4n) is 4.06. The maximum atomic E-state index is 13.1. The summed E-state index contributed by atoms with van der Waals surface area (Å²) in [5.41, 5.74) is 0.876. The average molecular weight is 520 g/mol. The van der Waals surface area contributed by atoms with Gasteiger partial charge in [0.25, 0.3) is 5.91 Å². The molecule has 1 fully saturated rings. The highest BCUT2D eigenvalue weighted by atomic mass is 79.9. The lowest BCUT2D eigenvalue weighted by Gasteiger charge is -2.31. The Kier molecular flexibility index (Phi) is 6.83. The molecule has 0 unspecified atom stereocenters. The molecular formula is C23H24BrClN4O3. The number of furan rings is 1. The summed E-state index contributed by atoms with van der Waals surface area (Å²) in [5.74, 6) is -0.329. The van der Waals surface area contributed by atoms with Crippen LogP contribution in [0, 0.1) is 5.92 Å². The maximum absolute atomic E-state index is 13.1. The molecule has 3 aromatic rings. The predicted octanol–water partition coefficient (Wildman–Crippen LogP) is 5.55. The van der Waals surface area contributed by atoms with E-state index in [9.17, 15) is 9.59 Å². The second-order valence-corrected chi connectivity index (χ2v) is 9.57. The van der Waals surface area contributed by atoms with Crippen LogP contribution in [0.4, 0.5) is 11.5 Å². The average Bonchev–Trinajstić information content (AvgIpc) is 3.13. The zero-order chi connectivity index (χ0) is 22.8. The van der Waals surface area contributed by atoms with Gasteiger partial charge in [-0.15, -0.1) is 0 Å². The molecule has 9 heteroatoms. The number of halogens is 2. The quantitative estimate of drug-likeness (QED) is 0.461. The first-order valence-corrected chi connectivity index (χ1v) is 11.6. The van der Waals surface area contributed by atoms with Crippen molar-refractivity contribution >= 4 is 61.8 Å². The van der Waals surface area contributed by atoms with Crippen molar-refractivity contribution in [2.24, 2.45) is 5.92 Å². The summed E-state index contributed by atoms with van der Waals surface area (Å²) < 4.78 is 6.66.